The smallest absolute Gasteiger partial charge is 0.242 e. The Hall–Kier alpha value is -3.25. The summed E-state index contributed by atoms with van der Waals surface area (Å²) in [4.78, 5) is 26.5. The molecule has 4 aromatic carbocycles. The summed E-state index contributed by atoms with van der Waals surface area (Å²) in [5.74, 6) is -0.249. The van der Waals surface area contributed by atoms with Crippen LogP contribution in [-0.4, -0.2) is 11.8 Å². The third-order valence-corrected chi connectivity index (χ3v) is 6.89. The Labute approximate surface area is 218 Å². The molecule has 0 heterocycles. The van der Waals surface area contributed by atoms with Crippen molar-refractivity contribution in [3.63, 3.8) is 0 Å². The largest absolute Gasteiger partial charge is 0.326 e. The van der Waals surface area contributed by atoms with Gasteiger partial charge in [-0.05, 0) is 71.8 Å². The molecule has 2 N–H and O–H groups in total. The Kier molecular flexibility index (Phi) is 8.48. The molecule has 0 aromatic heterocycles. The van der Waals surface area contributed by atoms with E-state index in [2.05, 4.69) is 10.6 Å². The third kappa shape index (κ3) is 7.36. The maximum Gasteiger partial charge on any atom is 0.242 e. The van der Waals surface area contributed by atoms with Crippen LogP contribution in [0.5, 0.6) is 0 Å². The highest BCUT2D eigenvalue weighted by Crippen LogP contribution is 2.36. The lowest BCUT2D eigenvalue weighted by molar-refractivity contribution is -0.116. The number of carbonyl (C=O) groups is 2. The fourth-order valence-corrected chi connectivity index (χ4v) is 4.66. The van der Waals surface area contributed by atoms with Crippen molar-refractivity contribution in [1.29, 1.82) is 0 Å². The number of thioether (sulfide) groups is 1. The van der Waals surface area contributed by atoms with Crippen LogP contribution in [0, 0.1) is 0 Å². The first kappa shape index (κ1) is 24.9. The van der Waals surface area contributed by atoms with Crippen LogP contribution in [-0.2, 0) is 16.0 Å². The Morgan fingerprint density at radius 2 is 1.23 bits per heavy atom. The average Bonchev–Trinajstić information content (AvgIpc) is 2.87. The molecule has 1 unspecified atom stereocenters. The maximum absolute atomic E-state index is 13.2. The van der Waals surface area contributed by atoms with Gasteiger partial charge in [-0.2, -0.15) is 0 Å². The second kappa shape index (κ2) is 11.9. The SMILES string of the molecule is O=C(Cc1ccc(Cl)cc1)Nc1ccc(SC(C(=O)Nc2ccc(Cl)cc2)c2ccccc2)cc1. The van der Waals surface area contributed by atoms with Crippen molar-refractivity contribution in [3.8, 4) is 0 Å². The molecule has 4 aromatic rings. The van der Waals surface area contributed by atoms with Crippen LogP contribution >= 0.6 is 35.0 Å². The normalized spacial score (nSPS) is 11.5. The van der Waals surface area contributed by atoms with Gasteiger partial charge in [0, 0.05) is 26.3 Å². The van der Waals surface area contributed by atoms with E-state index in [1.165, 1.54) is 11.8 Å². The first-order valence-corrected chi connectivity index (χ1v) is 12.5. The van der Waals surface area contributed by atoms with Crippen molar-refractivity contribution in [2.75, 3.05) is 10.6 Å². The molecule has 0 fully saturated rings. The lowest BCUT2D eigenvalue weighted by Crippen LogP contribution is -2.19. The van der Waals surface area contributed by atoms with Crippen molar-refractivity contribution in [2.24, 2.45) is 0 Å². The number of hydrogen-bond acceptors (Lipinski definition) is 3. The molecule has 0 saturated heterocycles. The van der Waals surface area contributed by atoms with Crippen molar-refractivity contribution in [2.45, 2.75) is 16.6 Å². The topological polar surface area (TPSA) is 58.2 Å². The molecule has 4 nitrogen and oxygen atoms in total. The van der Waals surface area contributed by atoms with Crippen molar-refractivity contribution in [1.82, 2.24) is 0 Å². The minimum Gasteiger partial charge on any atom is -0.326 e. The van der Waals surface area contributed by atoms with Crippen LogP contribution in [0.2, 0.25) is 10.0 Å². The third-order valence-electron chi connectivity index (χ3n) is 5.12. The van der Waals surface area contributed by atoms with Crippen molar-refractivity contribution >= 4 is 58.2 Å². The Morgan fingerprint density at radius 1 is 0.686 bits per heavy atom. The summed E-state index contributed by atoms with van der Waals surface area (Å²) in [6.45, 7) is 0. The number of amides is 2. The Morgan fingerprint density at radius 3 is 1.86 bits per heavy atom. The van der Waals surface area contributed by atoms with E-state index in [9.17, 15) is 9.59 Å². The predicted octanol–water partition coefficient (Wildman–Crippen LogP) is 7.65. The van der Waals surface area contributed by atoms with E-state index < -0.39 is 5.25 Å². The monoisotopic (exact) mass is 520 g/mol. The summed E-state index contributed by atoms with van der Waals surface area (Å²) in [7, 11) is 0. The average molecular weight is 521 g/mol. The van der Waals surface area contributed by atoms with E-state index in [1.807, 2.05) is 66.7 Å². The first-order valence-electron chi connectivity index (χ1n) is 10.9. The second-order valence-corrected chi connectivity index (χ2v) is 9.83. The first-order chi connectivity index (χ1) is 17.0. The molecule has 176 valence electrons. The molecule has 2 amide bonds. The van der Waals surface area contributed by atoms with Crippen LogP contribution in [0.3, 0.4) is 0 Å². The number of carbonyl (C=O) groups excluding carboxylic acids is 2. The quantitative estimate of drug-likeness (QED) is 0.234. The van der Waals surface area contributed by atoms with Gasteiger partial charge in [0.25, 0.3) is 0 Å². The zero-order valence-corrected chi connectivity index (χ0v) is 20.9. The summed E-state index contributed by atoms with van der Waals surface area (Å²) < 4.78 is 0. The van der Waals surface area contributed by atoms with E-state index in [0.29, 0.717) is 21.4 Å². The van der Waals surface area contributed by atoms with Gasteiger partial charge in [0.2, 0.25) is 11.8 Å². The van der Waals surface area contributed by atoms with Crippen LogP contribution in [0.1, 0.15) is 16.4 Å². The Balaban J connectivity index is 1.43. The van der Waals surface area contributed by atoms with Crippen LogP contribution in [0.15, 0.2) is 108 Å². The van der Waals surface area contributed by atoms with E-state index in [4.69, 9.17) is 23.2 Å². The van der Waals surface area contributed by atoms with Gasteiger partial charge < -0.3 is 10.6 Å². The highest BCUT2D eigenvalue weighted by Gasteiger charge is 2.22. The van der Waals surface area contributed by atoms with E-state index in [0.717, 1.165) is 16.0 Å². The lowest BCUT2D eigenvalue weighted by Gasteiger charge is -2.17. The molecule has 0 radical (unpaired) electrons. The molecule has 0 bridgehead atoms. The van der Waals surface area contributed by atoms with E-state index >= 15 is 0 Å². The van der Waals surface area contributed by atoms with Gasteiger partial charge in [0.15, 0.2) is 0 Å². The van der Waals surface area contributed by atoms with Crippen LogP contribution in [0.25, 0.3) is 0 Å². The number of rotatable bonds is 8. The van der Waals surface area contributed by atoms with Gasteiger partial charge in [-0.1, -0.05) is 65.7 Å². The maximum atomic E-state index is 13.2. The minimum atomic E-state index is -0.461. The predicted molar refractivity (Wildman–Crippen MR) is 145 cm³/mol. The summed E-state index contributed by atoms with van der Waals surface area (Å²) in [5.41, 5.74) is 3.15. The molecular formula is C28H22Cl2N2O2S. The van der Waals surface area contributed by atoms with Crippen LogP contribution in [0.4, 0.5) is 11.4 Å². The zero-order chi connectivity index (χ0) is 24.6. The summed E-state index contributed by atoms with van der Waals surface area (Å²) in [6.07, 6.45) is 0.259. The molecule has 35 heavy (non-hydrogen) atoms. The van der Waals surface area contributed by atoms with E-state index in [-0.39, 0.29) is 18.2 Å². The summed E-state index contributed by atoms with van der Waals surface area (Å²) in [6, 6.07) is 31.3. The van der Waals surface area contributed by atoms with Crippen molar-refractivity contribution in [3.05, 3.63) is 124 Å². The summed E-state index contributed by atoms with van der Waals surface area (Å²) >= 11 is 13.3. The number of halogens is 2. The fraction of sp³-hybridized carbons (Fsp3) is 0.0714. The van der Waals surface area contributed by atoms with Gasteiger partial charge in [-0.15, -0.1) is 11.8 Å². The zero-order valence-electron chi connectivity index (χ0n) is 18.6. The molecule has 0 aliphatic rings. The molecule has 1 atom stereocenters. The van der Waals surface area contributed by atoms with Gasteiger partial charge in [0.1, 0.15) is 5.25 Å². The highest BCUT2D eigenvalue weighted by atomic mass is 35.5. The molecule has 0 spiro atoms. The van der Waals surface area contributed by atoms with Gasteiger partial charge >= 0.3 is 0 Å². The molecular weight excluding hydrogens is 499 g/mol. The summed E-state index contributed by atoms with van der Waals surface area (Å²) in [5, 5.41) is 6.66. The van der Waals surface area contributed by atoms with Gasteiger partial charge in [-0.25, -0.2) is 0 Å². The fourth-order valence-electron chi connectivity index (χ4n) is 3.39. The van der Waals surface area contributed by atoms with Gasteiger partial charge in [-0.3, -0.25) is 9.59 Å². The number of benzene rings is 4. The molecule has 4 rings (SSSR count). The number of hydrogen-bond donors (Lipinski definition) is 2. The minimum absolute atomic E-state index is 0.114. The number of nitrogens with one attached hydrogen (secondary N) is 2. The standard InChI is InChI=1S/C28H22Cl2N2O2S/c29-21-8-6-19(7-9-21)18-26(33)31-23-14-16-25(17-15-23)35-27(20-4-2-1-3-5-20)28(34)32-24-12-10-22(30)11-13-24/h1-17,27H,18H2,(H,31,33)(H,32,34). The molecule has 7 heteroatoms. The Bertz CT molecular complexity index is 1280. The van der Waals surface area contributed by atoms with E-state index in [1.54, 1.807) is 36.4 Å². The molecule has 0 aliphatic carbocycles. The van der Waals surface area contributed by atoms with Crippen LogP contribution < -0.4 is 10.6 Å². The second-order valence-electron chi connectivity index (χ2n) is 7.78. The molecule has 0 saturated carbocycles. The van der Waals surface area contributed by atoms with Gasteiger partial charge in [0.05, 0.1) is 6.42 Å². The highest BCUT2D eigenvalue weighted by molar-refractivity contribution is 8.00. The van der Waals surface area contributed by atoms with Crippen molar-refractivity contribution < 1.29 is 9.59 Å². The molecule has 0 aliphatic heterocycles. The lowest BCUT2D eigenvalue weighted by atomic mass is 10.1. The number of anilines is 2.